The maximum Gasteiger partial charge on any atom is -0.00261 e. The van der Waals surface area contributed by atoms with E-state index in [9.17, 15) is 0 Å². The van der Waals surface area contributed by atoms with Gasteiger partial charge in [-0.05, 0) is 116 Å². The lowest BCUT2D eigenvalue weighted by atomic mass is 9.84. The van der Waals surface area contributed by atoms with Crippen molar-refractivity contribution in [3.8, 4) is 66.8 Å². The molecule has 10 aromatic rings. The first kappa shape index (κ1) is 29.0. The van der Waals surface area contributed by atoms with E-state index in [0.717, 1.165) is 0 Å². The molecule has 0 bridgehead atoms. The zero-order chi connectivity index (χ0) is 34.2. The second-order valence-corrected chi connectivity index (χ2v) is 14.0. The van der Waals surface area contributed by atoms with Crippen molar-refractivity contribution in [1.82, 2.24) is 0 Å². The van der Waals surface area contributed by atoms with E-state index in [1.807, 2.05) is 0 Å². The highest BCUT2D eigenvalue weighted by atomic mass is 14.3. The Bertz CT molecular complexity index is 2980. The summed E-state index contributed by atoms with van der Waals surface area (Å²) in [6, 6.07) is 71.9. The number of hydrogen-bond donors (Lipinski definition) is 0. The summed E-state index contributed by atoms with van der Waals surface area (Å²) in [6.45, 7) is 0. The van der Waals surface area contributed by atoms with Crippen LogP contribution >= 0.6 is 0 Å². The lowest BCUT2D eigenvalue weighted by Crippen LogP contribution is -1.92. The molecule has 52 heavy (non-hydrogen) atoms. The molecular weight excluding hydrogens is 625 g/mol. The Balaban J connectivity index is 1.14. The zero-order valence-corrected chi connectivity index (χ0v) is 28.5. The summed E-state index contributed by atoms with van der Waals surface area (Å²) in [5.41, 5.74) is 15.2. The third-order valence-electron chi connectivity index (χ3n) is 11.2. The summed E-state index contributed by atoms with van der Waals surface area (Å²) in [7, 11) is 0. The van der Waals surface area contributed by atoms with E-state index in [1.165, 1.54) is 110 Å². The molecule has 1 aliphatic carbocycles. The summed E-state index contributed by atoms with van der Waals surface area (Å²) in [5, 5.41) is 10.2. The van der Waals surface area contributed by atoms with Gasteiger partial charge in [-0.3, -0.25) is 0 Å². The molecule has 0 heteroatoms. The first-order chi connectivity index (χ1) is 25.8. The van der Waals surface area contributed by atoms with Crippen LogP contribution in [-0.2, 0) is 0 Å². The molecule has 10 aromatic carbocycles. The van der Waals surface area contributed by atoms with Crippen LogP contribution in [0.15, 0.2) is 194 Å². The van der Waals surface area contributed by atoms with E-state index in [1.54, 1.807) is 0 Å². The minimum Gasteiger partial charge on any atom is -0.0616 e. The van der Waals surface area contributed by atoms with Crippen molar-refractivity contribution in [2.45, 2.75) is 0 Å². The zero-order valence-electron chi connectivity index (χ0n) is 28.5. The molecule has 0 aromatic heterocycles. The van der Waals surface area contributed by atoms with Gasteiger partial charge in [0.15, 0.2) is 0 Å². The Labute approximate surface area is 302 Å². The third-order valence-corrected chi connectivity index (χ3v) is 11.2. The highest BCUT2D eigenvalue weighted by Gasteiger charge is 2.23. The van der Waals surface area contributed by atoms with Gasteiger partial charge < -0.3 is 0 Å². The topological polar surface area (TPSA) is 0 Å². The summed E-state index contributed by atoms with van der Waals surface area (Å²) in [6.07, 6.45) is 0. The smallest absolute Gasteiger partial charge is 0.00261 e. The van der Waals surface area contributed by atoms with Gasteiger partial charge in [0.05, 0.1) is 0 Å². The molecule has 11 rings (SSSR count). The Morgan fingerprint density at radius 2 is 0.615 bits per heavy atom. The lowest BCUT2D eigenvalue weighted by molar-refractivity contribution is 1.61. The quantitative estimate of drug-likeness (QED) is 0.166. The standard InChI is InChI=1S/C52H32/c1-2-16-38-33(12-1)13-9-23-39(38)34-26-28-36(29-27-34)51-44-19-5-7-21-46(44)52(47-22-8-6-20-45(47)51)37-30-31-42-40-17-3-4-18-41(40)43-24-10-14-35-15-11-25-48(50(35)43)49(42)32-37/h1-32H. The molecule has 0 fully saturated rings. The van der Waals surface area contributed by atoms with Crippen LogP contribution in [0.2, 0.25) is 0 Å². The number of benzene rings is 10. The molecule has 1 aliphatic rings. The molecule has 0 heterocycles. The molecule has 0 saturated heterocycles. The van der Waals surface area contributed by atoms with Crippen LogP contribution in [0.25, 0.3) is 110 Å². The number of fused-ring (bicyclic) bond motifs is 8. The molecule has 0 amide bonds. The van der Waals surface area contributed by atoms with Gasteiger partial charge in [0.1, 0.15) is 0 Å². The fourth-order valence-electron chi connectivity index (χ4n) is 8.94. The predicted molar refractivity (Wildman–Crippen MR) is 223 cm³/mol. The van der Waals surface area contributed by atoms with Gasteiger partial charge in [0.25, 0.3) is 0 Å². The molecule has 0 atom stereocenters. The monoisotopic (exact) mass is 656 g/mol. The first-order valence-electron chi connectivity index (χ1n) is 18.1. The van der Waals surface area contributed by atoms with Crippen LogP contribution in [0.3, 0.4) is 0 Å². The molecule has 0 saturated carbocycles. The van der Waals surface area contributed by atoms with Crippen LogP contribution in [0.1, 0.15) is 0 Å². The predicted octanol–water partition coefficient (Wildman–Crippen LogP) is 14.6. The van der Waals surface area contributed by atoms with E-state index in [0.29, 0.717) is 0 Å². The van der Waals surface area contributed by atoms with Gasteiger partial charge in [-0.15, -0.1) is 0 Å². The van der Waals surface area contributed by atoms with Crippen LogP contribution in [-0.4, -0.2) is 0 Å². The fourth-order valence-corrected chi connectivity index (χ4v) is 8.94. The van der Waals surface area contributed by atoms with E-state index in [4.69, 9.17) is 0 Å². The minimum absolute atomic E-state index is 1.23. The van der Waals surface area contributed by atoms with Crippen LogP contribution in [0, 0.1) is 0 Å². The van der Waals surface area contributed by atoms with Gasteiger partial charge >= 0.3 is 0 Å². The van der Waals surface area contributed by atoms with Crippen molar-refractivity contribution in [3.05, 3.63) is 194 Å². The van der Waals surface area contributed by atoms with E-state index < -0.39 is 0 Å². The van der Waals surface area contributed by atoms with E-state index >= 15 is 0 Å². The molecule has 0 spiro atoms. The maximum absolute atomic E-state index is 2.45. The highest BCUT2D eigenvalue weighted by Crippen LogP contribution is 2.50. The van der Waals surface area contributed by atoms with Crippen LogP contribution in [0.5, 0.6) is 0 Å². The van der Waals surface area contributed by atoms with Crippen LogP contribution < -0.4 is 0 Å². The van der Waals surface area contributed by atoms with Crippen molar-refractivity contribution >= 4 is 43.1 Å². The fraction of sp³-hybridized carbons (Fsp3) is 0. The minimum atomic E-state index is 1.23. The Hall–Kier alpha value is -6.76. The summed E-state index contributed by atoms with van der Waals surface area (Å²) >= 11 is 0. The van der Waals surface area contributed by atoms with Gasteiger partial charge in [-0.25, -0.2) is 0 Å². The van der Waals surface area contributed by atoms with Crippen molar-refractivity contribution in [1.29, 1.82) is 0 Å². The second-order valence-electron chi connectivity index (χ2n) is 14.0. The van der Waals surface area contributed by atoms with E-state index in [2.05, 4.69) is 194 Å². The summed E-state index contributed by atoms with van der Waals surface area (Å²) in [4.78, 5) is 0. The first-order valence-corrected chi connectivity index (χ1v) is 18.1. The maximum atomic E-state index is 2.45. The number of hydrogen-bond acceptors (Lipinski definition) is 0. The SMILES string of the molecule is c1ccc2c(c1)-c1ccc(-c3c4ccccc4c(-c4ccc(-c5cccc6ccccc56)cc4)c4ccccc34)cc1-c1cccc3cccc-2c13. The molecule has 240 valence electrons. The van der Waals surface area contributed by atoms with Crippen molar-refractivity contribution < 1.29 is 0 Å². The molecule has 0 unspecified atom stereocenters. The highest BCUT2D eigenvalue weighted by molar-refractivity contribution is 6.22. The third kappa shape index (κ3) is 4.28. The molecule has 0 N–H and O–H groups in total. The second kappa shape index (κ2) is 11.4. The lowest BCUT2D eigenvalue weighted by Gasteiger charge is -2.19. The Morgan fingerprint density at radius 3 is 1.27 bits per heavy atom. The van der Waals surface area contributed by atoms with Gasteiger partial charge in [0, 0.05) is 0 Å². The van der Waals surface area contributed by atoms with Gasteiger partial charge in [-0.2, -0.15) is 0 Å². The van der Waals surface area contributed by atoms with Crippen molar-refractivity contribution in [2.24, 2.45) is 0 Å². The normalized spacial score (nSPS) is 11.8. The average molecular weight is 657 g/mol. The van der Waals surface area contributed by atoms with E-state index in [-0.39, 0.29) is 0 Å². The van der Waals surface area contributed by atoms with Crippen molar-refractivity contribution in [2.75, 3.05) is 0 Å². The molecule has 0 aliphatic heterocycles. The van der Waals surface area contributed by atoms with Crippen LogP contribution in [0.4, 0.5) is 0 Å². The average Bonchev–Trinajstić information content (AvgIpc) is 3.33. The van der Waals surface area contributed by atoms with Gasteiger partial charge in [-0.1, -0.05) is 188 Å². The molecule has 0 nitrogen and oxygen atoms in total. The summed E-state index contributed by atoms with van der Waals surface area (Å²) < 4.78 is 0. The molecular formula is C52H32. The van der Waals surface area contributed by atoms with Crippen molar-refractivity contribution in [3.63, 3.8) is 0 Å². The Kier molecular flexibility index (Phi) is 6.35. The Morgan fingerprint density at radius 1 is 0.212 bits per heavy atom. The largest absolute Gasteiger partial charge is 0.0616 e. The summed E-state index contributed by atoms with van der Waals surface area (Å²) in [5.74, 6) is 0. The van der Waals surface area contributed by atoms with Gasteiger partial charge in [0.2, 0.25) is 0 Å². The molecule has 0 radical (unpaired) electrons. The number of rotatable bonds is 3.